The summed E-state index contributed by atoms with van der Waals surface area (Å²) in [6.45, 7) is 0. The van der Waals surface area contributed by atoms with Crippen molar-refractivity contribution >= 4 is 11.0 Å². The minimum absolute atomic E-state index is 0. The molecule has 0 unspecified atom stereocenters. The van der Waals surface area contributed by atoms with Gasteiger partial charge < -0.3 is 0 Å². The third-order valence-electron chi connectivity index (χ3n) is 0.667. The zero-order valence-corrected chi connectivity index (χ0v) is 3.87. The van der Waals surface area contributed by atoms with Gasteiger partial charge >= 0.3 is 0 Å². The Morgan fingerprint density at radius 2 is 0.625 bits per heavy atom. The van der Waals surface area contributed by atoms with Crippen molar-refractivity contribution in [2.45, 2.75) is 0 Å². The van der Waals surface area contributed by atoms with Gasteiger partial charge in [0.2, 0.25) is 0 Å². The number of benzene rings is 1. The average Bonchev–Trinajstić information content (AvgIpc) is 1.72. The van der Waals surface area contributed by atoms with Crippen LogP contribution in [0.2, 0.25) is 0 Å². The van der Waals surface area contributed by atoms with Crippen molar-refractivity contribution in [3.8, 4) is 0 Å². The normalized spacial score (nSPS) is 6.00. The van der Waals surface area contributed by atoms with Crippen LogP contribution >= 0.6 is 0 Å². The smallest absolute Gasteiger partial charge is 0.0149 e. The van der Waals surface area contributed by atoms with Crippen LogP contribution in [0.1, 0.15) is 0 Å². The summed E-state index contributed by atoms with van der Waals surface area (Å²) in [4.78, 5) is 0. The van der Waals surface area contributed by atoms with Gasteiger partial charge in [0.1, 0.15) is 0 Å². The molecule has 0 aliphatic carbocycles. The molecule has 0 aromatic heterocycles. The first-order chi connectivity index (χ1) is 3.00. The molecule has 0 saturated carbocycles. The Labute approximate surface area is 52.9 Å². The molecule has 1 aromatic carbocycles. The average molecular weight is 130 g/mol. The molecule has 0 radical (unpaired) electrons. The molecule has 0 nitrogen and oxygen atoms in total. The zero-order valence-electron chi connectivity index (χ0n) is 3.87. The molecule has 1 rings (SSSR count). The first-order valence-electron chi connectivity index (χ1n) is 2.00. The molecular formula is C6H11FSi. The monoisotopic (exact) mass is 130 g/mol. The molecule has 0 aliphatic rings. The Bertz CT molecular complexity index is 80.5. The number of halogens is 1. The minimum Gasteiger partial charge on any atom is -0.269 e. The molecule has 8 heavy (non-hydrogen) atoms. The zero-order chi connectivity index (χ0) is 4.24. The van der Waals surface area contributed by atoms with Crippen LogP contribution in [0.3, 0.4) is 0 Å². The minimum atomic E-state index is 0. The summed E-state index contributed by atoms with van der Waals surface area (Å²) < 4.78 is 0. The molecule has 0 fully saturated rings. The van der Waals surface area contributed by atoms with E-state index in [0.29, 0.717) is 0 Å². The van der Waals surface area contributed by atoms with Gasteiger partial charge in [-0.1, -0.05) is 36.4 Å². The van der Waals surface area contributed by atoms with Crippen LogP contribution in [0.5, 0.6) is 0 Å². The molecule has 0 saturated heterocycles. The van der Waals surface area contributed by atoms with Crippen molar-refractivity contribution in [3.63, 3.8) is 0 Å². The van der Waals surface area contributed by atoms with E-state index >= 15 is 0 Å². The Balaban J connectivity index is 0. The predicted octanol–water partition coefficient (Wildman–Crippen LogP) is 0.387. The number of hydrogen-bond donors (Lipinski definition) is 0. The van der Waals surface area contributed by atoms with E-state index in [1.807, 2.05) is 36.4 Å². The first-order valence-corrected chi connectivity index (χ1v) is 2.00. The second-order valence-corrected chi connectivity index (χ2v) is 1.15. The third kappa shape index (κ3) is 3.55. The lowest BCUT2D eigenvalue weighted by Gasteiger charge is -1.69. The van der Waals surface area contributed by atoms with Crippen molar-refractivity contribution in [1.29, 1.82) is 0 Å². The van der Waals surface area contributed by atoms with E-state index in [4.69, 9.17) is 0 Å². The molecule has 0 atom stereocenters. The maximum atomic E-state index is 2.00. The van der Waals surface area contributed by atoms with Crippen molar-refractivity contribution in [2.24, 2.45) is 0 Å². The van der Waals surface area contributed by atoms with Gasteiger partial charge in [0.15, 0.2) is 0 Å². The van der Waals surface area contributed by atoms with Crippen molar-refractivity contribution < 1.29 is 4.70 Å². The van der Waals surface area contributed by atoms with E-state index in [1.54, 1.807) is 0 Å². The topological polar surface area (TPSA) is 0 Å². The quantitative estimate of drug-likeness (QED) is 0.446. The first kappa shape index (κ1) is 10.4. The molecule has 1 aromatic rings. The van der Waals surface area contributed by atoms with Crippen LogP contribution in [-0.2, 0) is 0 Å². The lowest BCUT2D eigenvalue weighted by Crippen LogP contribution is -1.47. The number of hydrogen-bond acceptors (Lipinski definition) is 0. The summed E-state index contributed by atoms with van der Waals surface area (Å²) in [7, 11) is 0. The Hall–Kier alpha value is -0.633. The Morgan fingerprint density at radius 3 is 0.750 bits per heavy atom. The summed E-state index contributed by atoms with van der Waals surface area (Å²) in [5, 5.41) is 0. The van der Waals surface area contributed by atoms with Gasteiger partial charge in [-0.05, 0) is 11.0 Å². The second-order valence-electron chi connectivity index (χ2n) is 1.15. The van der Waals surface area contributed by atoms with E-state index in [9.17, 15) is 0 Å². The molecular weight excluding hydrogens is 119 g/mol. The Kier molecular flexibility index (Phi) is 8.25. The summed E-state index contributed by atoms with van der Waals surface area (Å²) >= 11 is 0. The third-order valence-corrected chi connectivity index (χ3v) is 0.667. The molecule has 2 heteroatoms. The molecule has 0 spiro atoms. The second kappa shape index (κ2) is 6.37. The van der Waals surface area contributed by atoms with Gasteiger partial charge in [-0.3, -0.25) is 4.70 Å². The summed E-state index contributed by atoms with van der Waals surface area (Å²) in [6, 6.07) is 12.0. The van der Waals surface area contributed by atoms with Gasteiger partial charge in [0.25, 0.3) is 0 Å². The van der Waals surface area contributed by atoms with Gasteiger partial charge in [-0.25, -0.2) is 0 Å². The highest BCUT2D eigenvalue weighted by Crippen LogP contribution is 1.79. The van der Waals surface area contributed by atoms with Crippen molar-refractivity contribution in [2.75, 3.05) is 0 Å². The fraction of sp³-hybridized carbons (Fsp3) is 0. The highest BCUT2D eigenvalue weighted by atomic mass is 28.1. The van der Waals surface area contributed by atoms with Crippen LogP contribution in [0.25, 0.3) is 0 Å². The highest BCUT2D eigenvalue weighted by Gasteiger charge is 1.57. The maximum absolute atomic E-state index is 2.00. The van der Waals surface area contributed by atoms with E-state index in [-0.39, 0.29) is 15.7 Å². The standard InChI is InChI=1S/C6H6.FH.H4Si/c1-2-4-6-5-3-1;;/h1-6H;1H;1H4. The van der Waals surface area contributed by atoms with Crippen LogP contribution in [0.15, 0.2) is 36.4 Å². The van der Waals surface area contributed by atoms with Crippen LogP contribution in [-0.4, -0.2) is 11.0 Å². The number of rotatable bonds is 0. The summed E-state index contributed by atoms with van der Waals surface area (Å²) in [5.41, 5.74) is 0. The van der Waals surface area contributed by atoms with Gasteiger partial charge in [-0.15, -0.1) is 0 Å². The molecule has 46 valence electrons. The largest absolute Gasteiger partial charge is 0.269 e. The van der Waals surface area contributed by atoms with Crippen molar-refractivity contribution in [3.05, 3.63) is 36.4 Å². The van der Waals surface area contributed by atoms with E-state index in [2.05, 4.69) is 0 Å². The lowest BCUT2D eigenvalue weighted by molar-refractivity contribution is 1.11. The maximum Gasteiger partial charge on any atom is -0.0149 e. The van der Waals surface area contributed by atoms with Gasteiger partial charge in [0, 0.05) is 0 Å². The highest BCUT2D eigenvalue weighted by molar-refractivity contribution is 5.75. The molecule has 0 heterocycles. The SMILES string of the molecule is F.[SiH4].c1ccccc1. The van der Waals surface area contributed by atoms with Crippen molar-refractivity contribution in [1.82, 2.24) is 0 Å². The van der Waals surface area contributed by atoms with Crippen LogP contribution < -0.4 is 0 Å². The fourth-order valence-electron chi connectivity index (χ4n) is 0.385. The fourth-order valence-corrected chi connectivity index (χ4v) is 0.385. The van der Waals surface area contributed by atoms with E-state index in [0.717, 1.165) is 0 Å². The van der Waals surface area contributed by atoms with E-state index in [1.165, 1.54) is 0 Å². The van der Waals surface area contributed by atoms with E-state index < -0.39 is 0 Å². The van der Waals surface area contributed by atoms with Gasteiger partial charge in [0.05, 0.1) is 0 Å². The molecule has 0 N–H and O–H groups in total. The summed E-state index contributed by atoms with van der Waals surface area (Å²) in [6.07, 6.45) is 0. The molecule has 0 amide bonds. The van der Waals surface area contributed by atoms with Crippen LogP contribution in [0, 0.1) is 0 Å². The van der Waals surface area contributed by atoms with Gasteiger partial charge in [-0.2, -0.15) is 0 Å². The van der Waals surface area contributed by atoms with Crippen LogP contribution in [0.4, 0.5) is 4.70 Å². The molecule has 0 aliphatic heterocycles. The lowest BCUT2D eigenvalue weighted by atomic mass is 10.4. The predicted molar refractivity (Wildman–Crippen MR) is 40.3 cm³/mol. The summed E-state index contributed by atoms with van der Waals surface area (Å²) in [5.74, 6) is 0. The molecule has 0 bridgehead atoms. The Morgan fingerprint density at radius 1 is 0.500 bits per heavy atom.